The Kier molecular flexibility index (Phi) is 1.05. The monoisotopic (exact) mass is 271 g/mol. The number of rotatable bonds is 0. The van der Waals surface area contributed by atoms with Crippen LogP contribution in [0.3, 0.4) is 0 Å². The van der Waals surface area contributed by atoms with Crippen molar-refractivity contribution in [3.63, 3.8) is 0 Å². The van der Waals surface area contributed by atoms with Gasteiger partial charge in [0.1, 0.15) is 0 Å². The van der Waals surface area contributed by atoms with E-state index >= 15 is 0 Å². The first-order chi connectivity index (χ1) is 9.68. The number of hydrogen-bond donors (Lipinski definition) is 0. The predicted molar refractivity (Wildman–Crippen MR) is 69.3 cm³/mol. The minimum Gasteiger partial charge on any atom is -0.246 e. The van der Waals surface area contributed by atoms with Gasteiger partial charge in [-0.3, -0.25) is 0 Å². The second kappa shape index (κ2) is 2.18. The molecule has 5 aliphatic carbocycles. The molecule has 2 aliphatic heterocycles. The van der Waals surface area contributed by atoms with Crippen molar-refractivity contribution in [1.29, 1.82) is 0 Å². The zero-order valence-electron chi connectivity index (χ0n) is 11.5. The summed E-state index contributed by atoms with van der Waals surface area (Å²) in [5.41, 5.74) is 0.728. The van der Waals surface area contributed by atoms with Gasteiger partial charge < -0.3 is 0 Å². The summed E-state index contributed by atoms with van der Waals surface area (Å²) in [5.74, 6) is 3.32. The lowest BCUT2D eigenvalue weighted by Gasteiger charge is -3.02. The van der Waals surface area contributed by atoms with E-state index in [-0.39, 0.29) is 11.4 Å². The van der Waals surface area contributed by atoms with Crippen molar-refractivity contribution in [2.75, 3.05) is 0 Å². The topological polar surface area (TPSA) is 48.9 Å². The van der Waals surface area contributed by atoms with Gasteiger partial charge in [-0.05, 0) is 36.5 Å². The molecule has 5 heteroatoms. The van der Waals surface area contributed by atoms with Crippen molar-refractivity contribution in [2.24, 2.45) is 41.5 Å². The van der Waals surface area contributed by atoms with Crippen molar-refractivity contribution in [3.05, 3.63) is 21.0 Å². The average Bonchev–Trinajstić information content (AvgIpc) is 2.64. The summed E-state index contributed by atoms with van der Waals surface area (Å²) < 4.78 is 5.12. The van der Waals surface area contributed by atoms with Gasteiger partial charge in [-0.1, -0.05) is 12.8 Å². The maximum Gasteiger partial charge on any atom is 0.347 e. The van der Waals surface area contributed by atoms with Gasteiger partial charge in [-0.25, -0.2) is 23.5 Å². The Morgan fingerprint density at radius 1 is 0.900 bits per heavy atom. The van der Waals surface area contributed by atoms with E-state index in [9.17, 15) is 9.59 Å². The maximum atomic E-state index is 12.5. The molecule has 5 fully saturated rings. The predicted octanol–water partition coefficient (Wildman–Crippen LogP) is 0.510. The summed E-state index contributed by atoms with van der Waals surface area (Å²) in [6.07, 6.45) is 5.29. The lowest BCUT2D eigenvalue weighted by Crippen LogP contribution is -3.01. The number of aromatic nitrogens is 3. The van der Waals surface area contributed by atoms with E-state index in [1.54, 1.807) is 7.05 Å². The number of nitrogens with zero attached hydrogens (tertiary/aromatic N) is 3. The van der Waals surface area contributed by atoms with Crippen LogP contribution in [-0.4, -0.2) is 13.9 Å². The van der Waals surface area contributed by atoms with Crippen molar-refractivity contribution in [2.45, 2.75) is 37.8 Å². The highest BCUT2D eigenvalue weighted by molar-refractivity contribution is 5.48. The lowest BCUT2D eigenvalue weighted by atomic mass is 9.04. The third kappa shape index (κ3) is 0.482. The van der Waals surface area contributed by atoms with E-state index in [0.29, 0.717) is 22.9 Å². The Morgan fingerprint density at radius 3 is 1.80 bits per heavy atom. The molecule has 1 aromatic heterocycles. The highest BCUT2D eigenvalue weighted by Gasteiger charge is 3.02. The standard InChI is InChI=1S/C15H17N3O2/c1-16-12(19)17-10-6-7-9-8(6)14(10)4-2-3-5-15(9,14)11(7)18(17)13(16)20/h6-11H,2-5H2,1H3/t6-,7-,8-,9+,10+,11+,14+,15-/m1/s1. The molecule has 3 heterocycles. The zero-order chi connectivity index (χ0) is 13.2. The minimum absolute atomic E-state index is 0.0641. The Balaban J connectivity index is 1.65. The van der Waals surface area contributed by atoms with E-state index in [4.69, 9.17) is 0 Å². The molecule has 8 rings (SSSR count). The summed E-state index contributed by atoms with van der Waals surface area (Å²) in [7, 11) is 1.64. The summed E-state index contributed by atoms with van der Waals surface area (Å²) in [5, 5.41) is 0. The van der Waals surface area contributed by atoms with Crippen molar-refractivity contribution < 1.29 is 0 Å². The molecular weight excluding hydrogens is 254 g/mol. The molecule has 0 N–H and O–H groups in total. The molecule has 20 heavy (non-hydrogen) atoms. The maximum absolute atomic E-state index is 12.5. The normalized spacial score (nSPS) is 61.2. The zero-order valence-corrected chi connectivity index (χ0v) is 11.5. The first kappa shape index (κ1) is 9.64. The molecule has 104 valence electrons. The summed E-state index contributed by atoms with van der Waals surface area (Å²) in [6, 6.07) is 0.739. The van der Waals surface area contributed by atoms with Gasteiger partial charge in [0.2, 0.25) is 0 Å². The SMILES string of the molecule is Cn1c(=O)n2n(c1=O)[C@H]1[C@@H]3[C@@H]4[C@@H]5[C@H]3[C@]13CCCC[C@@]53[C@H]42. The molecule has 8 atom stereocenters. The lowest BCUT2D eigenvalue weighted by molar-refractivity contribution is -0.559. The molecule has 0 unspecified atom stereocenters. The Hall–Kier alpha value is -1.26. The Labute approximate surface area is 115 Å². The van der Waals surface area contributed by atoms with Crippen LogP contribution in [0.25, 0.3) is 0 Å². The Morgan fingerprint density at radius 2 is 1.35 bits per heavy atom. The minimum atomic E-state index is -0.0641. The van der Waals surface area contributed by atoms with Gasteiger partial charge in [0.05, 0.1) is 12.1 Å². The molecule has 0 amide bonds. The third-order valence-electron chi connectivity index (χ3n) is 8.66. The van der Waals surface area contributed by atoms with Crippen molar-refractivity contribution >= 4 is 0 Å². The van der Waals surface area contributed by atoms with E-state index in [1.165, 1.54) is 30.3 Å². The largest absolute Gasteiger partial charge is 0.347 e. The first-order valence-electron chi connectivity index (χ1n) is 8.08. The molecule has 7 aliphatic rings. The molecule has 2 spiro atoms. The molecule has 1 aromatic rings. The van der Waals surface area contributed by atoms with Gasteiger partial charge >= 0.3 is 11.4 Å². The van der Waals surface area contributed by atoms with Crippen LogP contribution in [0.1, 0.15) is 37.8 Å². The second-order valence-electron chi connectivity index (χ2n) is 8.20. The third-order valence-corrected chi connectivity index (χ3v) is 8.66. The average molecular weight is 271 g/mol. The van der Waals surface area contributed by atoms with E-state index < -0.39 is 0 Å². The van der Waals surface area contributed by atoms with Crippen molar-refractivity contribution in [3.8, 4) is 0 Å². The van der Waals surface area contributed by atoms with E-state index in [2.05, 4.69) is 0 Å². The van der Waals surface area contributed by atoms with Crippen LogP contribution in [0, 0.1) is 34.5 Å². The van der Waals surface area contributed by atoms with Gasteiger partial charge in [0.15, 0.2) is 0 Å². The summed E-state index contributed by atoms with van der Waals surface area (Å²) >= 11 is 0. The quantitative estimate of drug-likeness (QED) is 0.690. The van der Waals surface area contributed by atoms with Crippen LogP contribution in [0.15, 0.2) is 9.59 Å². The molecule has 5 nitrogen and oxygen atoms in total. The summed E-state index contributed by atoms with van der Waals surface area (Å²) in [4.78, 5) is 25.0. The fourth-order valence-electron chi connectivity index (χ4n) is 8.64. The molecule has 2 bridgehead atoms. The molecule has 5 saturated carbocycles. The van der Waals surface area contributed by atoms with Gasteiger partial charge in [-0.2, -0.15) is 0 Å². The smallest absolute Gasteiger partial charge is 0.246 e. The highest BCUT2D eigenvalue weighted by Crippen LogP contribution is 3.04. The van der Waals surface area contributed by atoms with Gasteiger partial charge in [0, 0.05) is 17.9 Å². The van der Waals surface area contributed by atoms with E-state index in [1.807, 2.05) is 9.36 Å². The van der Waals surface area contributed by atoms with Crippen LogP contribution in [0.5, 0.6) is 0 Å². The van der Waals surface area contributed by atoms with Crippen LogP contribution in [0.4, 0.5) is 0 Å². The fourth-order valence-corrected chi connectivity index (χ4v) is 8.64. The number of hydrogen-bond acceptors (Lipinski definition) is 2. The molecule has 0 aromatic carbocycles. The van der Waals surface area contributed by atoms with Crippen LogP contribution in [-0.2, 0) is 7.05 Å². The van der Waals surface area contributed by atoms with Gasteiger partial charge in [0.25, 0.3) is 0 Å². The van der Waals surface area contributed by atoms with Crippen LogP contribution >= 0.6 is 0 Å². The first-order valence-corrected chi connectivity index (χ1v) is 8.08. The van der Waals surface area contributed by atoms with Gasteiger partial charge in [-0.15, -0.1) is 0 Å². The summed E-state index contributed by atoms with van der Waals surface area (Å²) in [6.45, 7) is 0. The molecular formula is C15H17N3O2. The molecule has 0 saturated heterocycles. The Bertz CT molecular complexity index is 779. The fraction of sp³-hybridized carbons (Fsp3) is 0.867. The van der Waals surface area contributed by atoms with E-state index in [0.717, 1.165) is 23.7 Å². The molecule has 0 radical (unpaired) electrons. The highest BCUT2D eigenvalue weighted by atomic mass is 16.2. The van der Waals surface area contributed by atoms with Crippen LogP contribution < -0.4 is 11.4 Å². The van der Waals surface area contributed by atoms with Crippen molar-refractivity contribution in [1.82, 2.24) is 13.9 Å². The van der Waals surface area contributed by atoms with Crippen LogP contribution in [0.2, 0.25) is 0 Å². The second-order valence-corrected chi connectivity index (χ2v) is 8.20.